The highest BCUT2D eigenvalue weighted by molar-refractivity contribution is 5.25. The van der Waals surface area contributed by atoms with Gasteiger partial charge in [-0.2, -0.15) is 5.26 Å². The summed E-state index contributed by atoms with van der Waals surface area (Å²) in [5, 5.41) is 12.2. The van der Waals surface area contributed by atoms with Crippen LogP contribution in [-0.2, 0) is 10.3 Å². The van der Waals surface area contributed by atoms with E-state index in [4.69, 9.17) is 10.00 Å². The largest absolute Gasteiger partial charge is 0.381 e. The summed E-state index contributed by atoms with van der Waals surface area (Å²) in [6.45, 7) is 2.32. The number of nitrogens with one attached hydrogen (secondary N) is 1. The maximum Gasteiger partial charge on any atom is 0.123 e. The molecule has 0 amide bonds. The fourth-order valence-electron chi connectivity index (χ4n) is 2.71. The molecule has 1 aromatic carbocycles. The van der Waals surface area contributed by atoms with Crippen molar-refractivity contribution in [3.05, 3.63) is 35.6 Å². The predicted octanol–water partition coefficient (Wildman–Crippen LogP) is 3.11. The summed E-state index contributed by atoms with van der Waals surface area (Å²) in [5.74, 6) is -0.204. The van der Waals surface area contributed by atoms with Gasteiger partial charge < -0.3 is 10.1 Å². The van der Waals surface area contributed by atoms with Gasteiger partial charge in [0.15, 0.2) is 0 Å². The van der Waals surface area contributed by atoms with Crippen LogP contribution in [0.4, 0.5) is 4.39 Å². The third-order valence-electron chi connectivity index (χ3n) is 3.92. The van der Waals surface area contributed by atoms with Gasteiger partial charge in [-0.25, -0.2) is 4.39 Å². The van der Waals surface area contributed by atoms with Crippen molar-refractivity contribution >= 4 is 0 Å². The molecule has 1 N–H and O–H groups in total. The molecule has 1 fully saturated rings. The number of hydrogen-bond donors (Lipinski definition) is 1. The fourth-order valence-corrected chi connectivity index (χ4v) is 2.71. The monoisotopic (exact) mass is 276 g/mol. The minimum absolute atomic E-state index is 0.113. The summed E-state index contributed by atoms with van der Waals surface area (Å²) in [4.78, 5) is 0. The second-order valence-electron chi connectivity index (χ2n) is 5.24. The van der Waals surface area contributed by atoms with Gasteiger partial charge in [0.25, 0.3) is 0 Å². The minimum atomic E-state index is -0.204. The summed E-state index contributed by atoms with van der Waals surface area (Å²) >= 11 is 0. The molecule has 0 saturated carbocycles. The molecule has 108 valence electrons. The van der Waals surface area contributed by atoms with Gasteiger partial charge in [0, 0.05) is 25.2 Å². The van der Waals surface area contributed by atoms with Crippen LogP contribution in [0.15, 0.2) is 24.3 Å². The summed E-state index contributed by atoms with van der Waals surface area (Å²) in [5.41, 5.74) is 1.01. The third-order valence-corrected chi connectivity index (χ3v) is 3.92. The maximum absolute atomic E-state index is 13.1. The van der Waals surface area contributed by atoms with Gasteiger partial charge in [-0.1, -0.05) is 12.1 Å². The molecule has 0 aliphatic carbocycles. The predicted molar refractivity (Wildman–Crippen MR) is 75.6 cm³/mol. The summed E-state index contributed by atoms with van der Waals surface area (Å²) in [7, 11) is 0. The van der Waals surface area contributed by atoms with Gasteiger partial charge in [0.2, 0.25) is 0 Å². The van der Waals surface area contributed by atoms with Crippen LogP contribution in [-0.4, -0.2) is 19.8 Å². The normalized spacial score (nSPS) is 17.6. The van der Waals surface area contributed by atoms with Crippen molar-refractivity contribution in [2.45, 2.75) is 37.6 Å². The van der Waals surface area contributed by atoms with Crippen LogP contribution in [0.3, 0.4) is 0 Å². The lowest BCUT2D eigenvalue weighted by Gasteiger charge is -2.39. The number of halogens is 1. The first-order valence-corrected chi connectivity index (χ1v) is 7.23. The first-order valence-electron chi connectivity index (χ1n) is 7.23. The van der Waals surface area contributed by atoms with Crippen molar-refractivity contribution in [1.82, 2.24) is 5.32 Å². The van der Waals surface area contributed by atoms with Gasteiger partial charge in [-0.05, 0) is 49.9 Å². The van der Waals surface area contributed by atoms with Crippen LogP contribution in [0, 0.1) is 17.1 Å². The second-order valence-corrected chi connectivity index (χ2v) is 5.24. The molecular formula is C16H21FN2O. The Labute approximate surface area is 119 Å². The molecule has 0 spiro atoms. The molecule has 2 rings (SSSR count). The molecule has 20 heavy (non-hydrogen) atoms. The van der Waals surface area contributed by atoms with Gasteiger partial charge in [-0.3, -0.25) is 0 Å². The van der Waals surface area contributed by atoms with E-state index in [0.717, 1.165) is 51.0 Å². The first kappa shape index (κ1) is 15.0. The quantitative estimate of drug-likeness (QED) is 0.812. The lowest BCUT2D eigenvalue weighted by molar-refractivity contribution is 0.0365. The number of ether oxygens (including phenoxy) is 1. The van der Waals surface area contributed by atoms with Crippen LogP contribution in [0.25, 0.3) is 0 Å². The number of benzene rings is 1. The van der Waals surface area contributed by atoms with E-state index in [9.17, 15) is 4.39 Å². The molecule has 1 aromatic rings. The number of nitrogens with zero attached hydrogens (tertiary/aromatic N) is 1. The molecule has 1 heterocycles. The highest BCUT2D eigenvalue weighted by Crippen LogP contribution is 2.32. The zero-order valence-corrected chi connectivity index (χ0v) is 11.7. The lowest BCUT2D eigenvalue weighted by atomic mass is 9.82. The standard InChI is InChI=1S/C16H21FN2O/c17-15-6-4-14(5-7-15)16(8-12-20-13-9-16)19-11-3-1-2-10-18/h4-7,19H,1-3,8-9,11-13H2. The van der Waals surface area contributed by atoms with E-state index in [1.807, 2.05) is 12.1 Å². The number of hydrogen-bond acceptors (Lipinski definition) is 3. The Hall–Kier alpha value is -1.44. The molecule has 0 bridgehead atoms. The van der Waals surface area contributed by atoms with E-state index in [-0.39, 0.29) is 11.4 Å². The summed E-state index contributed by atoms with van der Waals surface area (Å²) < 4.78 is 18.6. The maximum atomic E-state index is 13.1. The molecule has 0 unspecified atom stereocenters. The Balaban J connectivity index is 2.02. The van der Waals surface area contributed by atoms with E-state index in [1.54, 1.807) is 0 Å². The second kappa shape index (κ2) is 7.37. The summed E-state index contributed by atoms with van der Waals surface area (Å²) in [6, 6.07) is 8.93. The molecule has 0 aromatic heterocycles. The molecule has 0 atom stereocenters. The molecule has 4 heteroatoms. The smallest absolute Gasteiger partial charge is 0.123 e. The first-order chi connectivity index (χ1) is 9.77. The number of unbranched alkanes of at least 4 members (excludes halogenated alkanes) is 2. The number of nitriles is 1. The van der Waals surface area contributed by atoms with Gasteiger partial charge in [-0.15, -0.1) is 0 Å². The molecular weight excluding hydrogens is 255 g/mol. The van der Waals surface area contributed by atoms with Crippen LogP contribution in [0.5, 0.6) is 0 Å². The van der Waals surface area contributed by atoms with Crippen molar-refractivity contribution in [3.8, 4) is 6.07 Å². The molecule has 3 nitrogen and oxygen atoms in total. The van der Waals surface area contributed by atoms with Crippen molar-refractivity contribution in [2.24, 2.45) is 0 Å². The molecule has 1 aliphatic heterocycles. The van der Waals surface area contributed by atoms with E-state index < -0.39 is 0 Å². The van der Waals surface area contributed by atoms with Crippen LogP contribution in [0.2, 0.25) is 0 Å². The highest BCUT2D eigenvalue weighted by atomic mass is 19.1. The number of rotatable bonds is 6. The van der Waals surface area contributed by atoms with E-state index in [1.165, 1.54) is 12.1 Å². The van der Waals surface area contributed by atoms with Crippen molar-refractivity contribution in [2.75, 3.05) is 19.8 Å². The average molecular weight is 276 g/mol. The van der Waals surface area contributed by atoms with Crippen molar-refractivity contribution in [3.63, 3.8) is 0 Å². The molecule has 1 aliphatic rings. The minimum Gasteiger partial charge on any atom is -0.381 e. The van der Waals surface area contributed by atoms with Gasteiger partial charge in [0.05, 0.1) is 6.07 Å². The average Bonchev–Trinajstić information content (AvgIpc) is 2.49. The third kappa shape index (κ3) is 3.78. The zero-order chi connectivity index (χ0) is 14.3. The van der Waals surface area contributed by atoms with Crippen LogP contribution >= 0.6 is 0 Å². The van der Waals surface area contributed by atoms with Crippen LogP contribution < -0.4 is 5.32 Å². The van der Waals surface area contributed by atoms with E-state index in [0.29, 0.717) is 6.42 Å². The molecule has 1 saturated heterocycles. The summed E-state index contributed by atoms with van der Waals surface area (Å²) in [6.07, 6.45) is 4.30. The topological polar surface area (TPSA) is 45.0 Å². The zero-order valence-electron chi connectivity index (χ0n) is 11.7. The van der Waals surface area contributed by atoms with Crippen LogP contribution in [0.1, 0.15) is 37.7 Å². The Morgan fingerprint density at radius 2 is 1.90 bits per heavy atom. The van der Waals surface area contributed by atoms with Gasteiger partial charge in [0.1, 0.15) is 5.82 Å². The van der Waals surface area contributed by atoms with E-state index in [2.05, 4.69) is 11.4 Å². The molecule has 0 radical (unpaired) electrons. The fraction of sp³-hybridized carbons (Fsp3) is 0.562. The SMILES string of the molecule is N#CCCCCNC1(c2ccc(F)cc2)CCOCC1. The van der Waals surface area contributed by atoms with Gasteiger partial charge >= 0.3 is 0 Å². The Kier molecular flexibility index (Phi) is 5.51. The highest BCUT2D eigenvalue weighted by Gasteiger charge is 2.33. The Bertz CT molecular complexity index is 447. The van der Waals surface area contributed by atoms with E-state index >= 15 is 0 Å². The van der Waals surface area contributed by atoms with Crippen molar-refractivity contribution in [1.29, 1.82) is 5.26 Å². The Morgan fingerprint density at radius 1 is 1.20 bits per heavy atom. The Morgan fingerprint density at radius 3 is 2.55 bits per heavy atom. The lowest BCUT2D eigenvalue weighted by Crippen LogP contribution is -2.47. The van der Waals surface area contributed by atoms with Crippen molar-refractivity contribution < 1.29 is 9.13 Å².